The highest BCUT2D eigenvalue weighted by Gasteiger charge is 2.03. The lowest BCUT2D eigenvalue weighted by molar-refractivity contribution is -0.105. The van der Waals surface area contributed by atoms with Gasteiger partial charge in [-0.05, 0) is 11.4 Å². The first-order valence-corrected chi connectivity index (χ1v) is 3.96. The zero-order chi connectivity index (χ0) is 8.97. The summed E-state index contributed by atoms with van der Waals surface area (Å²) in [6.45, 7) is 0. The fourth-order valence-electron chi connectivity index (χ4n) is 0.695. The van der Waals surface area contributed by atoms with Crippen molar-refractivity contribution in [1.29, 1.82) is 0 Å². The lowest BCUT2D eigenvalue weighted by Gasteiger charge is -2.00. The average Bonchev–Trinajstić information content (AvgIpc) is 2.37. The summed E-state index contributed by atoms with van der Waals surface area (Å²) in [4.78, 5) is 20.5. The monoisotopic (exact) mass is 185 g/mol. The third-order valence-electron chi connectivity index (χ3n) is 1.12. The van der Waals surface area contributed by atoms with Crippen LogP contribution in [0, 0.1) is 0 Å². The standard InChI is InChI=1S/C6H7N3O2S/c7-6(11)9-5-4(8-3-10)1-2-12-5/h1-3H,(H,8,10)(H3,7,9,11). The van der Waals surface area contributed by atoms with Crippen LogP contribution in [0.15, 0.2) is 11.4 Å². The van der Waals surface area contributed by atoms with Gasteiger partial charge in [-0.2, -0.15) is 0 Å². The fraction of sp³-hybridized carbons (Fsp3) is 0. The van der Waals surface area contributed by atoms with Crippen molar-refractivity contribution in [2.75, 3.05) is 10.6 Å². The van der Waals surface area contributed by atoms with Crippen LogP contribution in [-0.4, -0.2) is 12.4 Å². The maximum Gasteiger partial charge on any atom is 0.317 e. The first-order chi connectivity index (χ1) is 5.74. The number of urea groups is 1. The number of amides is 3. The highest BCUT2D eigenvalue weighted by atomic mass is 32.1. The molecule has 0 aromatic carbocycles. The maximum atomic E-state index is 10.4. The molecule has 0 fully saturated rings. The molecule has 1 heterocycles. The molecule has 0 aliphatic carbocycles. The van der Waals surface area contributed by atoms with Crippen molar-refractivity contribution >= 4 is 34.5 Å². The summed E-state index contributed by atoms with van der Waals surface area (Å²) >= 11 is 1.28. The summed E-state index contributed by atoms with van der Waals surface area (Å²) in [5.74, 6) is 0. The Morgan fingerprint density at radius 2 is 2.42 bits per heavy atom. The second-order valence-electron chi connectivity index (χ2n) is 1.91. The molecule has 0 aliphatic rings. The largest absolute Gasteiger partial charge is 0.351 e. The number of carbonyl (C=O) groups is 2. The van der Waals surface area contributed by atoms with Gasteiger partial charge in [-0.25, -0.2) is 4.79 Å². The van der Waals surface area contributed by atoms with E-state index < -0.39 is 6.03 Å². The van der Waals surface area contributed by atoms with Crippen LogP contribution in [0.4, 0.5) is 15.5 Å². The van der Waals surface area contributed by atoms with E-state index in [0.29, 0.717) is 17.1 Å². The summed E-state index contributed by atoms with van der Waals surface area (Å²) in [7, 11) is 0. The van der Waals surface area contributed by atoms with Gasteiger partial charge >= 0.3 is 6.03 Å². The van der Waals surface area contributed by atoms with E-state index in [-0.39, 0.29) is 0 Å². The minimum Gasteiger partial charge on any atom is -0.351 e. The number of nitrogens with two attached hydrogens (primary N) is 1. The van der Waals surface area contributed by atoms with E-state index in [2.05, 4.69) is 10.6 Å². The molecule has 6 heteroatoms. The van der Waals surface area contributed by atoms with Gasteiger partial charge in [0.2, 0.25) is 6.41 Å². The molecule has 0 bridgehead atoms. The van der Waals surface area contributed by atoms with Gasteiger partial charge < -0.3 is 11.1 Å². The molecule has 1 rings (SSSR count). The first kappa shape index (κ1) is 8.54. The summed E-state index contributed by atoms with van der Waals surface area (Å²) < 4.78 is 0. The molecule has 12 heavy (non-hydrogen) atoms. The maximum absolute atomic E-state index is 10.4. The molecular weight excluding hydrogens is 178 g/mol. The van der Waals surface area contributed by atoms with E-state index in [1.807, 2.05) is 0 Å². The molecule has 64 valence electrons. The van der Waals surface area contributed by atoms with E-state index >= 15 is 0 Å². The molecule has 1 aromatic rings. The number of hydrogen-bond donors (Lipinski definition) is 3. The molecule has 5 nitrogen and oxygen atoms in total. The van der Waals surface area contributed by atoms with Gasteiger partial charge in [0.25, 0.3) is 0 Å². The van der Waals surface area contributed by atoms with Gasteiger partial charge in [0.1, 0.15) is 5.00 Å². The topological polar surface area (TPSA) is 84.2 Å². The fourth-order valence-corrected chi connectivity index (χ4v) is 1.45. The SMILES string of the molecule is NC(=O)Nc1sccc1NC=O. The van der Waals surface area contributed by atoms with Crippen LogP contribution >= 0.6 is 11.3 Å². The highest BCUT2D eigenvalue weighted by molar-refractivity contribution is 7.15. The van der Waals surface area contributed by atoms with E-state index in [9.17, 15) is 9.59 Å². The predicted octanol–water partition coefficient (Wildman–Crippen LogP) is 0.807. The van der Waals surface area contributed by atoms with Crippen LogP contribution in [0.5, 0.6) is 0 Å². The van der Waals surface area contributed by atoms with Gasteiger partial charge in [-0.15, -0.1) is 11.3 Å². The van der Waals surface area contributed by atoms with E-state index in [1.165, 1.54) is 11.3 Å². The van der Waals surface area contributed by atoms with E-state index in [4.69, 9.17) is 5.73 Å². The Labute approximate surface area is 72.6 Å². The predicted molar refractivity (Wildman–Crippen MR) is 47.2 cm³/mol. The normalized spacial score (nSPS) is 9.00. The van der Waals surface area contributed by atoms with Crippen molar-refractivity contribution in [1.82, 2.24) is 0 Å². The number of nitrogens with one attached hydrogen (secondary N) is 2. The molecule has 1 aromatic heterocycles. The third kappa shape index (κ3) is 1.96. The molecule has 0 unspecified atom stereocenters. The number of rotatable bonds is 3. The van der Waals surface area contributed by atoms with Gasteiger partial charge in [-0.3, -0.25) is 10.1 Å². The molecule has 0 saturated heterocycles. The summed E-state index contributed by atoms with van der Waals surface area (Å²) in [5.41, 5.74) is 5.44. The lowest BCUT2D eigenvalue weighted by Crippen LogP contribution is -2.19. The van der Waals surface area contributed by atoms with Gasteiger partial charge in [0.05, 0.1) is 5.69 Å². The Morgan fingerprint density at radius 1 is 1.67 bits per heavy atom. The zero-order valence-electron chi connectivity index (χ0n) is 6.03. The molecule has 0 atom stereocenters. The van der Waals surface area contributed by atoms with Crippen LogP contribution in [0.3, 0.4) is 0 Å². The van der Waals surface area contributed by atoms with Gasteiger partial charge in [-0.1, -0.05) is 0 Å². The Balaban J connectivity index is 2.76. The minimum atomic E-state index is -0.647. The van der Waals surface area contributed by atoms with Crippen molar-refractivity contribution in [3.05, 3.63) is 11.4 Å². The Bertz CT molecular complexity index is 297. The minimum absolute atomic E-state index is 0.536. The zero-order valence-corrected chi connectivity index (χ0v) is 6.85. The van der Waals surface area contributed by atoms with Crippen molar-refractivity contribution in [3.63, 3.8) is 0 Å². The van der Waals surface area contributed by atoms with Crippen molar-refractivity contribution < 1.29 is 9.59 Å². The smallest absolute Gasteiger partial charge is 0.317 e. The highest BCUT2D eigenvalue weighted by Crippen LogP contribution is 2.27. The molecular formula is C6H7N3O2S. The number of thiophene rings is 1. The van der Waals surface area contributed by atoms with Crippen LogP contribution in [0.1, 0.15) is 0 Å². The van der Waals surface area contributed by atoms with E-state index in [1.54, 1.807) is 11.4 Å². The number of anilines is 2. The molecule has 4 N–H and O–H groups in total. The first-order valence-electron chi connectivity index (χ1n) is 3.08. The van der Waals surface area contributed by atoms with E-state index in [0.717, 1.165) is 0 Å². The molecule has 3 amide bonds. The molecule has 0 aliphatic heterocycles. The number of carbonyl (C=O) groups excluding carboxylic acids is 2. The summed E-state index contributed by atoms with van der Waals surface area (Å²) in [5, 5.41) is 7.07. The summed E-state index contributed by atoms with van der Waals surface area (Å²) in [6, 6.07) is 1.02. The van der Waals surface area contributed by atoms with Gasteiger partial charge in [0, 0.05) is 0 Å². The quantitative estimate of drug-likeness (QED) is 0.609. The number of hydrogen-bond acceptors (Lipinski definition) is 3. The average molecular weight is 185 g/mol. The van der Waals surface area contributed by atoms with Crippen molar-refractivity contribution in [3.8, 4) is 0 Å². The molecule has 0 radical (unpaired) electrons. The lowest BCUT2D eigenvalue weighted by atomic mass is 10.5. The van der Waals surface area contributed by atoms with Crippen molar-refractivity contribution in [2.45, 2.75) is 0 Å². The Kier molecular flexibility index (Phi) is 2.65. The molecule has 0 spiro atoms. The van der Waals surface area contributed by atoms with Crippen LogP contribution in [0.2, 0.25) is 0 Å². The van der Waals surface area contributed by atoms with Crippen LogP contribution in [0.25, 0.3) is 0 Å². The van der Waals surface area contributed by atoms with Crippen LogP contribution < -0.4 is 16.4 Å². The molecule has 0 saturated carbocycles. The Morgan fingerprint density at radius 3 is 3.00 bits per heavy atom. The second kappa shape index (κ2) is 3.72. The van der Waals surface area contributed by atoms with Gasteiger partial charge in [0.15, 0.2) is 0 Å². The Hall–Kier alpha value is -1.56. The van der Waals surface area contributed by atoms with Crippen LogP contribution in [-0.2, 0) is 4.79 Å². The number of primary amides is 1. The summed E-state index contributed by atoms with van der Waals surface area (Å²) in [6.07, 6.45) is 0.536. The van der Waals surface area contributed by atoms with Crippen molar-refractivity contribution in [2.24, 2.45) is 5.73 Å². The second-order valence-corrected chi connectivity index (χ2v) is 2.83. The third-order valence-corrected chi connectivity index (χ3v) is 1.95.